The summed E-state index contributed by atoms with van der Waals surface area (Å²) in [5.41, 5.74) is 0.559. The number of fused-ring (bicyclic) bond motifs is 1. The highest BCUT2D eigenvalue weighted by Crippen LogP contribution is 2.55. The summed E-state index contributed by atoms with van der Waals surface area (Å²) in [6, 6.07) is -0.657. The molecule has 0 bridgehead atoms. The molecule has 3 aliphatic carbocycles. The van der Waals surface area contributed by atoms with E-state index in [0.717, 1.165) is 0 Å². The molecule has 29 heavy (non-hydrogen) atoms. The molecule has 8 nitrogen and oxygen atoms in total. The molecule has 1 heterocycles. The van der Waals surface area contributed by atoms with Gasteiger partial charge >= 0.3 is 0 Å². The maximum atomic E-state index is 13.1. The van der Waals surface area contributed by atoms with Gasteiger partial charge in [0.15, 0.2) is 0 Å². The van der Waals surface area contributed by atoms with Gasteiger partial charge in [-0.25, -0.2) is 23.0 Å². The molecule has 1 aliphatic heterocycles. The van der Waals surface area contributed by atoms with Crippen molar-refractivity contribution in [3.63, 3.8) is 0 Å². The third kappa shape index (κ3) is 3.89. The Hall–Kier alpha value is -2.01. The molecule has 0 spiro atoms. The van der Waals surface area contributed by atoms with Gasteiger partial charge in [-0.05, 0) is 37.1 Å². The molecule has 0 aromatic carbocycles. The number of sulfonamides is 1. The SMILES string of the molecule is O=C(NO)C12CC1OCC[C@@H]2NS(=O)(=O)C1=CCC(OC2=CC=C(F)CC2)C=C1. The van der Waals surface area contributed by atoms with E-state index in [1.54, 1.807) is 23.7 Å². The van der Waals surface area contributed by atoms with Gasteiger partial charge in [0.05, 0.1) is 22.2 Å². The molecule has 2 fully saturated rings. The van der Waals surface area contributed by atoms with Crippen LogP contribution in [0.4, 0.5) is 4.39 Å². The van der Waals surface area contributed by atoms with E-state index in [4.69, 9.17) is 14.7 Å². The maximum Gasteiger partial charge on any atom is 0.253 e. The fourth-order valence-electron chi connectivity index (χ4n) is 4.08. The summed E-state index contributed by atoms with van der Waals surface area (Å²) in [7, 11) is -3.86. The van der Waals surface area contributed by atoms with E-state index in [1.165, 1.54) is 12.2 Å². The first-order valence-electron chi connectivity index (χ1n) is 9.54. The van der Waals surface area contributed by atoms with E-state index in [0.29, 0.717) is 44.5 Å². The van der Waals surface area contributed by atoms with E-state index < -0.39 is 33.5 Å². The topological polar surface area (TPSA) is 114 Å². The summed E-state index contributed by atoms with van der Waals surface area (Å²) in [6.45, 7) is 0.341. The van der Waals surface area contributed by atoms with Crippen molar-refractivity contribution in [3.05, 3.63) is 46.9 Å². The average molecular weight is 426 g/mol. The minimum atomic E-state index is -3.86. The lowest BCUT2D eigenvalue weighted by molar-refractivity contribution is -0.139. The van der Waals surface area contributed by atoms with Crippen molar-refractivity contribution in [1.82, 2.24) is 10.2 Å². The van der Waals surface area contributed by atoms with Crippen LogP contribution in [0.25, 0.3) is 0 Å². The Morgan fingerprint density at radius 2 is 2.17 bits per heavy atom. The highest BCUT2D eigenvalue weighted by Gasteiger charge is 2.68. The fourth-order valence-corrected chi connectivity index (χ4v) is 5.49. The van der Waals surface area contributed by atoms with Gasteiger partial charge in [-0.15, -0.1) is 0 Å². The quantitative estimate of drug-likeness (QED) is 0.440. The van der Waals surface area contributed by atoms with Gasteiger partial charge in [-0.2, -0.15) is 0 Å². The molecule has 0 aromatic heterocycles. The van der Waals surface area contributed by atoms with E-state index in [-0.39, 0.29) is 16.8 Å². The maximum absolute atomic E-state index is 13.1. The molecule has 4 atom stereocenters. The third-order valence-corrected chi connectivity index (χ3v) is 7.32. The molecule has 10 heteroatoms. The number of carbonyl (C=O) groups is 1. The molecule has 4 aliphatic rings. The number of halogens is 1. The summed E-state index contributed by atoms with van der Waals surface area (Å²) in [5, 5.41) is 9.02. The number of hydrogen-bond donors (Lipinski definition) is 3. The van der Waals surface area contributed by atoms with Crippen molar-refractivity contribution in [2.24, 2.45) is 5.41 Å². The van der Waals surface area contributed by atoms with Crippen LogP contribution in [0.1, 0.15) is 32.1 Å². The Labute approximate surface area is 168 Å². The van der Waals surface area contributed by atoms with Gasteiger partial charge in [0.2, 0.25) is 10.0 Å². The number of amides is 1. The second-order valence-electron chi connectivity index (χ2n) is 7.61. The summed E-state index contributed by atoms with van der Waals surface area (Å²) in [5.74, 6) is -0.157. The predicted octanol–water partition coefficient (Wildman–Crippen LogP) is 1.72. The summed E-state index contributed by atoms with van der Waals surface area (Å²) >= 11 is 0. The van der Waals surface area contributed by atoms with Crippen molar-refractivity contribution >= 4 is 15.9 Å². The summed E-state index contributed by atoms with van der Waals surface area (Å²) in [6.07, 6.45) is 8.77. The van der Waals surface area contributed by atoms with Crippen LogP contribution in [0.5, 0.6) is 0 Å². The van der Waals surface area contributed by atoms with E-state index in [2.05, 4.69) is 4.72 Å². The number of hydroxylamine groups is 1. The molecule has 3 N–H and O–H groups in total. The van der Waals surface area contributed by atoms with Gasteiger partial charge in [0, 0.05) is 31.9 Å². The molecule has 1 saturated carbocycles. The van der Waals surface area contributed by atoms with Crippen LogP contribution in [0.2, 0.25) is 0 Å². The first-order valence-corrected chi connectivity index (χ1v) is 11.0. The van der Waals surface area contributed by atoms with Gasteiger partial charge in [0.25, 0.3) is 5.91 Å². The van der Waals surface area contributed by atoms with Crippen LogP contribution in [-0.2, 0) is 24.3 Å². The number of allylic oxidation sites excluding steroid dienone is 5. The van der Waals surface area contributed by atoms with Gasteiger partial charge in [-0.3, -0.25) is 10.0 Å². The number of carbonyl (C=O) groups excluding carboxylic acids is 1. The lowest BCUT2D eigenvalue weighted by Crippen LogP contribution is -2.52. The highest BCUT2D eigenvalue weighted by molar-refractivity contribution is 7.93. The Kier molecular flexibility index (Phi) is 5.36. The largest absolute Gasteiger partial charge is 0.490 e. The summed E-state index contributed by atoms with van der Waals surface area (Å²) in [4.78, 5) is 12.2. The molecule has 158 valence electrons. The molecular formula is C19H23FN2O6S. The van der Waals surface area contributed by atoms with Gasteiger partial charge in [0.1, 0.15) is 11.9 Å². The van der Waals surface area contributed by atoms with Gasteiger partial charge in [-0.1, -0.05) is 6.08 Å². The van der Waals surface area contributed by atoms with Crippen LogP contribution < -0.4 is 10.2 Å². The monoisotopic (exact) mass is 426 g/mol. The number of rotatable bonds is 6. The zero-order valence-corrected chi connectivity index (χ0v) is 16.5. The van der Waals surface area contributed by atoms with Crippen molar-refractivity contribution in [3.8, 4) is 0 Å². The molecule has 0 aromatic rings. The van der Waals surface area contributed by atoms with Crippen molar-refractivity contribution in [1.29, 1.82) is 0 Å². The zero-order chi connectivity index (χ0) is 20.6. The second-order valence-corrected chi connectivity index (χ2v) is 9.33. The summed E-state index contributed by atoms with van der Waals surface area (Å²) < 4.78 is 52.6. The van der Waals surface area contributed by atoms with Crippen molar-refractivity contribution in [2.45, 2.75) is 50.4 Å². The first-order chi connectivity index (χ1) is 13.8. The normalized spacial score (nSPS) is 33.7. The van der Waals surface area contributed by atoms with Crippen molar-refractivity contribution in [2.75, 3.05) is 6.61 Å². The third-order valence-electron chi connectivity index (χ3n) is 5.81. The fraction of sp³-hybridized carbons (Fsp3) is 0.526. The first kappa shape index (κ1) is 20.3. The zero-order valence-electron chi connectivity index (χ0n) is 15.6. The average Bonchev–Trinajstić information content (AvgIpc) is 3.46. The van der Waals surface area contributed by atoms with E-state index in [1.807, 2.05) is 0 Å². The van der Waals surface area contributed by atoms with Crippen LogP contribution in [-0.4, -0.2) is 44.4 Å². The molecule has 0 radical (unpaired) electrons. The number of hydrogen-bond acceptors (Lipinski definition) is 6. The molecule has 1 saturated heterocycles. The molecule has 1 amide bonds. The second kappa shape index (κ2) is 7.67. The Balaban J connectivity index is 1.40. The van der Waals surface area contributed by atoms with Crippen LogP contribution in [0, 0.1) is 5.41 Å². The Morgan fingerprint density at radius 1 is 1.34 bits per heavy atom. The lowest BCUT2D eigenvalue weighted by atomic mass is 9.92. The Morgan fingerprint density at radius 3 is 2.83 bits per heavy atom. The Bertz CT molecular complexity index is 925. The smallest absolute Gasteiger partial charge is 0.253 e. The van der Waals surface area contributed by atoms with Crippen LogP contribution in [0.15, 0.2) is 46.9 Å². The highest BCUT2D eigenvalue weighted by atomic mass is 32.2. The number of ether oxygens (including phenoxy) is 2. The predicted molar refractivity (Wildman–Crippen MR) is 100 cm³/mol. The number of nitrogens with one attached hydrogen (secondary N) is 2. The minimum Gasteiger partial charge on any atom is -0.490 e. The molecule has 3 unspecified atom stereocenters. The minimum absolute atomic E-state index is 0.101. The standard InChI is InChI=1S/C19H23FN2O6S/c20-12-1-3-13(4-2-12)28-14-5-7-15(8-6-14)29(25,26)22-16-9-10-27-17-11-19(16,17)18(23)21-24/h1,3,5,7-8,14,16-17,22,24H,2,4,6,9-11H2,(H,21,23)/t14?,16-,17?,19?/m0/s1. The van der Waals surface area contributed by atoms with Crippen LogP contribution in [0.3, 0.4) is 0 Å². The van der Waals surface area contributed by atoms with Gasteiger partial charge < -0.3 is 9.47 Å². The van der Waals surface area contributed by atoms with E-state index in [9.17, 15) is 17.6 Å². The van der Waals surface area contributed by atoms with Crippen molar-refractivity contribution < 1.29 is 32.3 Å². The van der Waals surface area contributed by atoms with Crippen LogP contribution >= 0.6 is 0 Å². The molecule has 4 rings (SSSR count). The molecular weight excluding hydrogens is 403 g/mol. The van der Waals surface area contributed by atoms with E-state index >= 15 is 0 Å². The lowest BCUT2D eigenvalue weighted by Gasteiger charge is -2.31.